The molecule has 0 aliphatic heterocycles. The van der Waals surface area contributed by atoms with Crippen molar-refractivity contribution in [1.29, 1.82) is 0 Å². The summed E-state index contributed by atoms with van der Waals surface area (Å²) < 4.78 is 5.48. The monoisotopic (exact) mass is 1100 g/mol. The van der Waals surface area contributed by atoms with E-state index in [-0.39, 0.29) is 18.5 Å². The normalized spacial score (nSPS) is 12.7. The van der Waals surface area contributed by atoms with Gasteiger partial charge in [-0.25, -0.2) is 0 Å². The number of unbranched alkanes of at least 4 members (excludes halogenated alkanes) is 51. The molecule has 6 heteroatoms. The van der Waals surface area contributed by atoms with Crippen molar-refractivity contribution in [3.05, 3.63) is 36.5 Å². The number of nitrogens with one attached hydrogen (secondary N) is 1. The smallest absolute Gasteiger partial charge is 0.305 e. The van der Waals surface area contributed by atoms with E-state index >= 15 is 0 Å². The third-order valence-electron chi connectivity index (χ3n) is 16.4. The molecule has 78 heavy (non-hydrogen) atoms. The average Bonchev–Trinajstić information content (AvgIpc) is 3.44. The van der Waals surface area contributed by atoms with Gasteiger partial charge >= 0.3 is 5.97 Å². The Hall–Kier alpha value is -1.92. The van der Waals surface area contributed by atoms with Gasteiger partial charge in [0.1, 0.15) is 0 Å². The zero-order valence-electron chi connectivity index (χ0n) is 52.7. The number of amides is 1. The highest BCUT2D eigenvalue weighted by atomic mass is 16.5. The van der Waals surface area contributed by atoms with E-state index in [0.29, 0.717) is 19.4 Å². The molecule has 0 bridgehead atoms. The molecule has 460 valence electrons. The Labute approximate surface area is 487 Å². The van der Waals surface area contributed by atoms with Gasteiger partial charge < -0.3 is 20.3 Å². The lowest BCUT2D eigenvalue weighted by Crippen LogP contribution is -2.45. The number of rotatable bonds is 66. The molecular formula is C72H137NO5. The number of aliphatic hydroxyl groups is 2. The molecule has 0 spiro atoms. The van der Waals surface area contributed by atoms with E-state index in [1.54, 1.807) is 6.08 Å². The number of hydrogen-bond donors (Lipinski definition) is 3. The van der Waals surface area contributed by atoms with Crippen LogP contribution in [0.3, 0.4) is 0 Å². The fourth-order valence-corrected chi connectivity index (χ4v) is 11.0. The molecule has 0 aromatic heterocycles. The van der Waals surface area contributed by atoms with Crippen LogP contribution in [-0.2, 0) is 14.3 Å². The van der Waals surface area contributed by atoms with Gasteiger partial charge in [-0.05, 0) is 83.5 Å². The SMILES string of the molecule is CCCCCCCC/C=C\CCCCCCCC(=O)OCCCCCCCCCCCC/C=C\CCCCCCCCCC(=O)NC(CO)C(O)/C=C/CCCCCCCCCCCCCCCCCCCCCCCCC. The van der Waals surface area contributed by atoms with E-state index < -0.39 is 12.1 Å². The van der Waals surface area contributed by atoms with Crippen LogP contribution in [0.25, 0.3) is 0 Å². The molecule has 0 aliphatic rings. The van der Waals surface area contributed by atoms with E-state index in [4.69, 9.17) is 4.74 Å². The maximum atomic E-state index is 12.5. The minimum absolute atomic E-state index is 0.000273. The van der Waals surface area contributed by atoms with Crippen molar-refractivity contribution >= 4 is 11.9 Å². The predicted molar refractivity (Wildman–Crippen MR) is 343 cm³/mol. The Morgan fingerprint density at radius 3 is 0.910 bits per heavy atom. The highest BCUT2D eigenvalue weighted by Gasteiger charge is 2.18. The molecule has 0 saturated heterocycles. The van der Waals surface area contributed by atoms with E-state index in [1.165, 1.54) is 308 Å². The van der Waals surface area contributed by atoms with Gasteiger partial charge in [-0.2, -0.15) is 0 Å². The van der Waals surface area contributed by atoms with Gasteiger partial charge in [0, 0.05) is 12.8 Å². The van der Waals surface area contributed by atoms with E-state index in [1.807, 2.05) is 6.08 Å². The van der Waals surface area contributed by atoms with Gasteiger partial charge in [0.2, 0.25) is 5.91 Å². The van der Waals surface area contributed by atoms with Crippen LogP contribution in [0.4, 0.5) is 0 Å². The molecule has 3 N–H and O–H groups in total. The third kappa shape index (κ3) is 63.3. The van der Waals surface area contributed by atoms with Crippen LogP contribution in [0.15, 0.2) is 36.5 Å². The van der Waals surface area contributed by atoms with Gasteiger partial charge in [-0.15, -0.1) is 0 Å². The van der Waals surface area contributed by atoms with Crippen LogP contribution in [-0.4, -0.2) is 47.4 Å². The summed E-state index contributed by atoms with van der Waals surface area (Å²) in [5.74, 6) is -0.0717. The first kappa shape index (κ1) is 76.1. The fourth-order valence-electron chi connectivity index (χ4n) is 11.0. The van der Waals surface area contributed by atoms with Crippen molar-refractivity contribution in [3.8, 4) is 0 Å². The van der Waals surface area contributed by atoms with E-state index in [0.717, 1.165) is 51.4 Å². The van der Waals surface area contributed by atoms with Gasteiger partial charge in [0.05, 0.1) is 25.4 Å². The van der Waals surface area contributed by atoms with Gasteiger partial charge in [0.15, 0.2) is 0 Å². The van der Waals surface area contributed by atoms with Crippen molar-refractivity contribution in [2.75, 3.05) is 13.2 Å². The zero-order chi connectivity index (χ0) is 56.4. The van der Waals surface area contributed by atoms with E-state index in [2.05, 4.69) is 43.5 Å². The first-order chi connectivity index (χ1) is 38.5. The van der Waals surface area contributed by atoms with Crippen molar-refractivity contribution in [3.63, 3.8) is 0 Å². The number of carbonyl (C=O) groups is 2. The largest absolute Gasteiger partial charge is 0.466 e. The standard InChI is InChI=1S/C72H137NO5/c1-3-5-7-9-11-13-15-17-19-20-21-22-23-24-25-27-30-33-37-40-44-48-52-56-60-64-70(75)69(68-74)73-71(76)65-61-57-53-49-45-41-38-34-31-28-26-29-32-35-39-43-47-51-55-59-63-67-78-72(77)66-62-58-54-50-46-42-36-18-16-14-12-10-8-6-4-2/h18,28,31,36,60,64,69-70,74-75H,3-17,19-27,29-30,32-35,37-59,61-63,65-68H2,1-2H3,(H,73,76)/b31-28-,36-18-,64-60+. The van der Waals surface area contributed by atoms with Crippen molar-refractivity contribution < 1.29 is 24.5 Å². The first-order valence-corrected chi connectivity index (χ1v) is 35.3. The highest BCUT2D eigenvalue weighted by molar-refractivity contribution is 5.76. The summed E-state index contributed by atoms with van der Waals surface area (Å²) in [7, 11) is 0. The van der Waals surface area contributed by atoms with Crippen LogP contribution in [0, 0.1) is 0 Å². The van der Waals surface area contributed by atoms with Gasteiger partial charge in [-0.3, -0.25) is 9.59 Å². The second kappa shape index (κ2) is 67.6. The summed E-state index contributed by atoms with van der Waals surface area (Å²) >= 11 is 0. The van der Waals surface area contributed by atoms with Crippen LogP contribution in [0.1, 0.15) is 386 Å². The number of allylic oxidation sites excluding steroid dienone is 5. The Morgan fingerprint density at radius 1 is 0.346 bits per heavy atom. The van der Waals surface area contributed by atoms with Crippen molar-refractivity contribution in [2.45, 2.75) is 398 Å². The lowest BCUT2D eigenvalue weighted by molar-refractivity contribution is -0.143. The number of esters is 1. The summed E-state index contributed by atoms with van der Waals surface area (Å²) in [5.41, 5.74) is 0. The summed E-state index contributed by atoms with van der Waals surface area (Å²) in [6.07, 6.45) is 86.4. The Balaban J connectivity index is 3.45. The number of ether oxygens (including phenoxy) is 1. The molecule has 6 nitrogen and oxygen atoms in total. The molecule has 0 aromatic rings. The number of carbonyl (C=O) groups excluding carboxylic acids is 2. The molecule has 0 aliphatic carbocycles. The minimum Gasteiger partial charge on any atom is -0.466 e. The first-order valence-electron chi connectivity index (χ1n) is 35.3. The predicted octanol–water partition coefficient (Wildman–Crippen LogP) is 22.7. The number of hydrogen-bond acceptors (Lipinski definition) is 5. The zero-order valence-corrected chi connectivity index (χ0v) is 52.7. The topological polar surface area (TPSA) is 95.9 Å². The second-order valence-corrected chi connectivity index (χ2v) is 24.2. The third-order valence-corrected chi connectivity index (χ3v) is 16.4. The van der Waals surface area contributed by atoms with Crippen molar-refractivity contribution in [2.24, 2.45) is 0 Å². The lowest BCUT2D eigenvalue weighted by atomic mass is 10.0. The molecule has 2 unspecified atom stereocenters. The quantitative estimate of drug-likeness (QED) is 0.0320. The lowest BCUT2D eigenvalue weighted by Gasteiger charge is -2.20. The second-order valence-electron chi connectivity index (χ2n) is 24.2. The van der Waals surface area contributed by atoms with Crippen LogP contribution >= 0.6 is 0 Å². The summed E-state index contributed by atoms with van der Waals surface area (Å²) in [4.78, 5) is 24.6. The Kier molecular flexibility index (Phi) is 65.9. The summed E-state index contributed by atoms with van der Waals surface area (Å²) in [5, 5.41) is 23.3. The summed E-state index contributed by atoms with van der Waals surface area (Å²) in [6.45, 7) is 4.92. The summed E-state index contributed by atoms with van der Waals surface area (Å²) in [6, 6.07) is -0.636. The molecule has 0 heterocycles. The molecule has 1 amide bonds. The molecule has 2 atom stereocenters. The maximum Gasteiger partial charge on any atom is 0.305 e. The van der Waals surface area contributed by atoms with E-state index in [9.17, 15) is 19.8 Å². The molecule has 0 radical (unpaired) electrons. The molecule has 0 saturated carbocycles. The van der Waals surface area contributed by atoms with Crippen LogP contribution in [0.2, 0.25) is 0 Å². The van der Waals surface area contributed by atoms with Crippen molar-refractivity contribution in [1.82, 2.24) is 5.32 Å². The maximum absolute atomic E-state index is 12.5. The number of aliphatic hydroxyl groups excluding tert-OH is 2. The molecule has 0 aromatic carbocycles. The molecule has 0 rings (SSSR count). The van der Waals surface area contributed by atoms with Crippen LogP contribution in [0.5, 0.6) is 0 Å². The minimum atomic E-state index is -0.852. The molecular weight excluding hydrogens is 959 g/mol. The van der Waals surface area contributed by atoms with Gasteiger partial charge in [0.25, 0.3) is 0 Å². The Bertz CT molecular complexity index is 1260. The fraction of sp³-hybridized carbons (Fsp3) is 0.889. The highest BCUT2D eigenvalue weighted by Crippen LogP contribution is 2.18. The van der Waals surface area contributed by atoms with Crippen LogP contribution < -0.4 is 5.32 Å². The van der Waals surface area contributed by atoms with Gasteiger partial charge in [-0.1, -0.05) is 326 Å². The Morgan fingerprint density at radius 2 is 0.603 bits per heavy atom. The molecule has 0 fully saturated rings. The average molecular weight is 1100 g/mol.